The lowest BCUT2D eigenvalue weighted by molar-refractivity contribution is 0.178. The van der Waals surface area contributed by atoms with Crippen molar-refractivity contribution in [3.05, 3.63) is 51.3 Å². The fourth-order valence-electron chi connectivity index (χ4n) is 2.79. The van der Waals surface area contributed by atoms with Crippen molar-refractivity contribution >= 4 is 34.1 Å². The van der Waals surface area contributed by atoms with Gasteiger partial charge in [-0.25, -0.2) is 14.2 Å². The summed E-state index contributed by atoms with van der Waals surface area (Å²) in [5, 5.41) is 21.1. The molecule has 3 aromatic rings. The normalized spacial score (nSPS) is 12.1. The largest absolute Gasteiger partial charge is 0.393 e. The number of rotatable bonds is 5. The van der Waals surface area contributed by atoms with Gasteiger partial charge >= 0.3 is 5.69 Å². The Balaban J connectivity index is 2.02. The van der Waals surface area contributed by atoms with Gasteiger partial charge in [0.25, 0.3) is 0 Å². The third-order valence-electron chi connectivity index (χ3n) is 4.23. The molecule has 0 saturated carbocycles. The Hall–Kier alpha value is -2.89. The van der Waals surface area contributed by atoms with Crippen LogP contribution in [0.3, 0.4) is 0 Å². The molecule has 2 N–H and O–H groups in total. The van der Waals surface area contributed by atoms with E-state index in [4.69, 9.17) is 16.9 Å². The van der Waals surface area contributed by atoms with Crippen LogP contribution in [0.4, 0.5) is 15.9 Å². The lowest BCUT2D eigenvalue weighted by Gasteiger charge is -2.09. The fraction of sp³-hybridized carbons (Fsp3) is 0.278. The number of pyridine rings is 1. The molecule has 27 heavy (non-hydrogen) atoms. The van der Waals surface area contributed by atoms with Crippen LogP contribution in [0.5, 0.6) is 0 Å². The second-order valence-corrected chi connectivity index (χ2v) is 6.59. The van der Waals surface area contributed by atoms with Crippen LogP contribution in [-0.2, 0) is 13.6 Å². The zero-order chi connectivity index (χ0) is 19.7. The molecule has 2 heterocycles. The van der Waals surface area contributed by atoms with E-state index in [0.29, 0.717) is 29.7 Å². The second kappa shape index (κ2) is 7.39. The van der Waals surface area contributed by atoms with Gasteiger partial charge in [-0.3, -0.25) is 9.13 Å². The minimum absolute atomic E-state index is 0.0508. The van der Waals surface area contributed by atoms with Gasteiger partial charge in [-0.2, -0.15) is 5.26 Å². The van der Waals surface area contributed by atoms with E-state index < -0.39 is 11.9 Å². The van der Waals surface area contributed by atoms with Crippen LogP contribution in [0.15, 0.2) is 29.1 Å². The van der Waals surface area contributed by atoms with Crippen molar-refractivity contribution in [2.75, 3.05) is 5.32 Å². The Kier molecular flexibility index (Phi) is 5.17. The molecule has 2 aromatic heterocycles. The number of hydrogen-bond donors (Lipinski definition) is 2. The van der Waals surface area contributed by atoms with E-state index in [1.807, 2.05) is 0 Å². The molecule has 140 valence electrons. The van der Waals surface area contributed by atoms with Gasteiger partial charge in [0.1, 0.15) is 11.2 Å². The summed E-state index contributed by atoms with van der Waals surface area (Å²) in [6.07, 6.45) is -0.106. The highest BCUT2D eigenvalue weighted by atomic mass is 35.5. The number of fused-ring (bicyclic) bond motifs is 1. The maximum atomic E-state index is 14.2. The van der Waals surface area contributed by atoms with Crippen LogP contribution in [0.25, 0.3) is 11.0 Å². The molecular weight excluding hydrogens is 373 g/mol. The van der Waals surface area contributed by atoms with Crippen molar-refractivity contribution in [2.24, 2.45) is 7.05 Å². The van der Waals surface area contributed by atoms with E-state index in [9.17, 15) is 14.3 Å². The summed E-state index contributed by atoms with van der Waals surface area (Å²) in [5.41, 5.74) is 1.61. The number of benzene rings is 1. The maximum Gasteiger partial charge on any atom is 0.328 e. The highest BCUT2D eigenvalue weighted by Crippen LogP contribution is 2.25. The van der Waals surface area contributed by atoms with Crippen LogP contribution in [0.1, 0.15) is 18.9 Å². The molecule has 0 unspecified atom stereocenters. The smallest absolute Gasteiger partial charge is 0.328 e. The van der Waals surface area contributed by atoms with Crippen LogP contribution < -0.4 is 11.0 Å². The first-order valence-corrected chi connectivity index (χ1v) is 8.60. The highest BCUT2D eigenvalue weighted by molar-refractivity contribution is 6.30. The Morgan fingerprint density at radius 1 is 1.41 bits per heavy atom. The summed E-state index contributed by atoms with van der Waals surface area (Å²) in [5.74, 6) is -0.831. The number of aliphatic hydroxyl groups is 1. The summed E-state index contributed by atoms with van der Waals surface area (Å²) in [6, 6.07) is 7.90. The fourth-order valence-corrected chi connectivity index (χ4v) is 2.97. The van der Waals surface area contributed by atoms with Gasteiger partial charge in [-0.15, -0.1) is 0 Å². The van der Waals surface area contributed by atoms with Gasteiger partial charge in [-0.05, 0) is 37.6 Å². The summed E-state index contributed by atoms with van der Waals surface area (Å²) < 4.78 is 17.2. The van der Waals surface area contributed by atoms with Gasteiger partial charge in [0.15, 0.2) is 11.6 Å². The zero-order valence-corrected chi connectivity index (χ0v) is 15.5. The van der Waals surface area contributed by atoms with Gasteiger partial charge < -0.3 is 10.4 Å². The van der Waals surface area contributed by atoms with Gasteiger partial charge in [0.05, 0.1) is 22.7 Å². The van der Waals surface area contributed by atoms with E-state index in [1.54, 1.807) is 42.8 Å². The minimum atomic E-state index is -0.712. The van der Waals surface area contributed by atoms with Crippen molar-refractivity contribution in [3.8, 4) is 6.07 Å². The Morgan fingerprint density at radius 2 is 2.15 bits per heavy atom. The number of halogens is 2. The molecule has 3 rings (SSSR count). The average Bonchev–Trinajstić information content (AvgIpc) is 2.86. The zero-order valence-electron chi connectivity index (χ0n) is 14.7. The van der Waals surface area contributed by atoms with E-state index in [0.717, 1.165) is 6.07 Å². The summed E-state index contributed by atoms with van der Waals surface area (Å²) >= 11 is 5.87. The molecule has 0 bridgehead atoms. The van der Waals surface area contributed by atoms with Crippen LogP contribution in [0.2, 0.25) is 5.15 Å². The first-order valence-electron chi connectivity index (χ1n) is 8.22. The van der Waals surface area contributed by atoms with E-state index >= 15 is 0 Å². The number of imidazole rings is 1. The number of hydrogen-bond acceptors (Lipinski definition) is 5. The monoisotopic (exact) mass is 389 g/mol. The summed E-state index contributed by atoms with van der Waals surface area (Å²) in [7, 11) is 1.66. The Labute approximate surface area is 159 Å². The summed E-state index contributed by atoms with van der Waals surface area (Å²) in [4.78, 5) is 16.3. The van der Waals surface area contributed by atoms with Crippen LogP contribution >= 0.6 is 11.6 Å². The van der Waals surface area contributed by atoms with E-state index in [1.165, 1.54) is 4.57 Å². The van der Waals surface area contributed by atoms with Gasteiger partial charge in [0, 0.05) is 19.3 Å². The third-order valence-corrected chi connectivity index (χ3v) is 4.52. The predicted molar refractivity (Wildman–Crippen MR) is 101 cm³/mol. The highest BCUT2D eigenvalue weighted by Gasteiger charge is 2.14. The molecule has 1 atom stereocenters. The number of nitrogens with one attached hydrogen (secondary N) is 1. The molecule has 0 spiro atoms. The topological polar surface area (TPSA) is 95.9 Å². The van der Waals surface area contributed by atoms with Gasteiger partial charge in [0.2, 0.25) is 0 Å². The lowest BCUT2D eigenvalue weighted by atomic mass is 10.2. The molecule has 0 radical (unpaired) electrons. The molecule has 0 fully saturated rings. The van der Waals surface area contributed by atoms with Crippen LogP contribution in [0, 0.1) is 17.1 Å². The van der Waals surface area contributed by atoms with Crippen molar-refractivity contribution in [1.82, 2.24) is 14.1 Å². The van der Waals surface area contributed by atoms with Gasteiger partial charge in [-0.1, -0.05) is 11.6 Å². The van der Waals surface area contributed by atoms with Crippen molar-refractivity contribution < 1.29 is 9.50 Å². The number of anilines is 2. The first-order chi connectivity index (χ1) is 12.8. The van der Waals surface area contributed by atoms with Crippen molar-refractivity contribution in [2.45, 2.75) is 26.0 Å². The summed E-state index contributed by atoms with van der Waals surface area (Å²) in [6.45, 7) is 2.01. The van der Waals surface area contributed by atoms with E-state index in [-0.39, 0.29) is 22.2 Å². The number of nitrogens with zero attached hydrogens (tertiary/aromatic N) is 4. The number of aromatic nitrogens is 3. The number of aliphatic hydroxyl groups excluding tert-OH is 1. The standard InChI is InChI=1S/C18H17ClFN5O2/c1-10(26)5-6-25-15-8-12(3-4-14(15)24(2)18(25)27)22-17-13(20)7-11(9-21)16(19)23-17/h3-4,7-8,10,26H,5-6H2,1-2H3,(H,22,23)/t10-/m0/s1. The molecule has 0 aliphatic rings. The molecule has 7 nitrogen and oxygen atoms in total. The van der Waals surface area contributed by atoms with Crippen molar-refractivity contribution in [1.29, 1.82) is 5.26 Å². The molecule has 0 saturated heterocycles. The molecule has 9 heteroatoms. The second-order valence-electron chi connectivity index (χ2n) is 6.23. The number of aryl methyl sites for hydroxylation is 2. The minimum Gasteiger partial charge on any atom is -0.393 e. The maximum absolute atomic E-state index is 14.2. The molecule has 0 aliphatic carbocycles. The predicted octanol–water partition coefficient (Wildman–Crippen LogP) is 2.91. The SMILES string of the molecule is C[C@H](O)CCn1c(=O)n(C)c2ccc(Nc3nc(Cl)c(C#N)cc3F)cc21. The molecule has 1 aromatic carbocycles. The quantitative estimate of drug-likeness (QED) is 0.654. The molecule has 0 amide bonds. The third kappa shape index (κ3) is 3.65. The first kappa shape index (κ1) is 18.9. The lowest BCUT2D eigenvalue weighted by Crippen LogP contribution is -2.23. The molecular formula is C18H17ClFN5O2. The molecule has 0 aliphatic heterocycles. The Bertz CT molecular complexity index is 1110. The van der Waals surface area contributed by atoms with Crippen molar-refractivity contribution in [3.63, 3.8) is 0 Å². The number of nitriles is 1. The van der Waals surface area contributed by atoms with Crippen LogP contribution in [-0.4, -0.2) is 25.3 Å². The average molecular weight is 390 g/mol. The Morgan fingerprint density at radius 3 is 2.81 bits per heavy atom. The van der Waals surface area contributed by atoms with E-state index in [2.05, 4.69) is 10.3 Å².